The molecule has 1 N–H and O–H groups in total. The first-order chi connectivity index (χ1) is 12.2. The van der Waals surface area contributed by atoms with E-state index in [1.54, 1.807) is 18.2 Å². The van der Waals surface area contributed by atoms with Crippen molar-refractivity contribution in [2.45, 2.75) is 12.0 Å². The van der Waals surface area contributed by atoms with E-state index < -0.39 is 0 Å². The van der Waals surface area contributed by atoms with Gasteiger partial charge >= 0.3 is 0 Å². The van der Waals surface area contributed by atoms with Gasteiger partial charge in [0.15, 0.2) is 0 Å². The molecule has 0 unspecified atom stereocenters. The molecular formula is C21H20FNO2. The summed E-state index contributed by atoms with van der Waals surface area (Å²) in [6.45, 7) is 8.26. The zero-order valence-electron chi connectivity index (χ0n) is 13.9. The summed E-state index contributed by atoms with van der Waals surface area (Å²) in [5.74, 6) is 1.21. The van der Waals surface area contributed by atoms with Gasteiger partial charge in [0.05, 0.1) is 18.3 Å². The number of hydrogen-bond acceptors (Lipinski definition) is 3. The summed E-state index contributed by atoms with van der Waals surface area (Å²) >= 11 is 0. The Hall–Kier alpha value is -2.81. The lowest BCUT2D eigenvalue weighted by atomic mass is 9.82. The van der Waals surface area contributed by atoms with Gasteiger partial charge in [-0.2, -0.15) is 0 Å². The Bertz CT molecular complexity index is 792. The van der Waals surface area contributed by atoms with E-state index in [0.717, 1.165) is 17.8 Å². The highest BCUT2D eigenvalue weighted by atomic mass is 19.1. The highest BCUT2D eigenvalue weighted by Gasteiger charge is 2.39. The Morgan fingerprint density at radius 1 is 1.20 bits per heavy atom. The lowest BCUT2D eigenvalue weighted by molar-refractivity contribution is 0.0509. The average Bonchev–Trinajstić information content (AvgIpc) is 2.61. The molecular weight excluding hydrogens is 317 g/mol. The second-order valence-electron chi connectivity index (χ2n) is 5.90. The van der Waals surface area contributed by atoms with Crippen LogP contribution in [0.15, 0.2) is 79.2 Å². The van der Waals surface area contributed by atoms with Crippen molar-refractivity contribution in [1.82, 2.24) is 4.90 Å². The van der Waals surface area contributed by atoms with Gasteiger partial charge < -0.3 is 14.7 Å². The van der Waals surface area contributed by atoms with Crippen molar-refractivity contribution < 1.29 is 14.2 Å². The maximum absolute atomic E-state index is 12.9. The monoisotopic (exact) mass is 337 g/mol. The summed E-state index contributed by atoms with van der Waals surface area (Å²) in [6.07, 6.45) is 1.70. The number of hydrogen-bond donors (Lipinski definition) is 1. The molecule has 2 aromatic rings. The molecule has 0 amide bonds. The van der Waals surface area contributed by atoms with Crippen molar-refractivity contribution in [3.05, 3.63) is 90.6 Å². The number of aliphatic hydroxyl groups is 1. The summed E-state index contributed by atoms with van der Waals surface area (Å²) in [6, 6.07) is 13.7. The molecule has 0 bridgehead atoms. The molecule has 2 atom stereocenters. The smallest absolute Gasteiger partial charge is 0.127 e. The molecule has 0 spiro atoms. The van der Waals surface area contributed by atoms with Crippen LogP contribution < -0.4 is 4.74 Å². The molecule has 2 aromatic carbocycles. The fraction of sp³-hybridized carbons (Fsp3) is 0.190. The summed E-state index contributed by atoms with van der Waals surface area (Å²) in [5, 5.41) is 9.71. The third-order valence-corrected chi connectivity index (χ3v) is 4.49. The van der Waals surface area contributed by atoms with Gasteiger partial charge in [-0.05, 0) is 48.0 Å². The van der Waals surface area contributed by atoms with Gasteiger partial charge in [0, 0.05) is 12.5 Å². The van der Waals surface area contributed by atoms with Crippen LogP contribution in [0.5, 0.6) is 11.5 Å². The van der Waals surface area contributed by atoms with Gasteiger partial charge in [-0.1, -0.05) is 25.3 Å². The van der Waals surface area contributed by atoms with Crippen molar-refractivity contribution in [3.63, 3.8) is 0 Å². The summed E-state index contributed by atoms with van der Waals surface area (Å²) in [5.41, 5.74) is 4.79. The number of nitrogens with zero attached hydrogens (tertiary/aromatic N) is 1. The Kier molecular flexibility index (Phi) is 5.03. The predicted octanol–water partition coefficient (Wildman–Crippen LogP) is 4.23. The van der Waals surface area contributed by atoms with E-state index >= 15 is 0 Å². The maximum Gasteiger partial charge on any atom is 0.127 e. The van der Waals surface area contributed by atoms with Crippen molar-refractivity contribution in [2.24, 2.45) is 0 Å². The van der Waals surface area contributed by atoms with Crippen LogP contribution in [-0.2, 0) is 0 Å². The highest BCUT2D eigenvalue weighted by Crippen LogP contribution is 2.37. The molecule has 3 nitrogen and oxygen atoms in total. The Morgan fingerprint density at radius 2 is 1.80 bits per heavy atom. The summed E-state index contributed by atoms with van der Waals surface area (Å²) in [4.78, 5) is 2.05. The maximum atomic E-state index is 12.9. The quantitative estimate of drug-likeness (QED) is 0.632. The molecule has 1 heterocycles. The summed E-state index contributed by atoms with van der Waals surface area (Å²) in [7, 11) is 0. The van der Waals surface area contributed by atoms with Gasteiger partial charge in [-0.3, -0.25) is 0 Å². The third kappa shape index (κ3) is 3.50. The first kappa shape index (κ1) is 17.0. The van der Waals surface area contributed by atoms with Gasteiger partial charge in [-0.15, -0.1) is 5.73 Å². The van der Waals surface area contributed by atoms with E-state index in [1.165, 1.54) is 12.1 Å². The molecule has 1 aliphatic rings. The first-order valence-electron chi connectivity index (χ1n) is 8.09. The molecule has 0 saturated carbocycles. The van der Waals surface area contributed by atoms with Crippen LogP contribution in [0, 0.1) is 5.82 Å². The Balaban J connectivity index is 1.69. The van der Waals surface area contributed by atoms with Crippen LogP contribution in [0.1, 0.15) is 11.5 Å². The van der Waals surface area contributed by atoms with Crippen molar-refractivity contribution >= 4 is 0 Å². The van der Waals surface area contributed by atoms with Crippen LogP contribution in [0.25, 0.3) is 0 Å². The van der Waals surface area contributed by atoms with E-state index in [-0.39, 0.29) is 24.4 Å². The molecule has 1 saturated heterocycles. The largest absolute Gasteiger partial charge is 0.457 e. The number of likely N-dealkylation sites (tertiary alicyclic amines) is 1. The number of ether oxygens (including phenoxy) is 1. The first-order valence-corrected chi connectivity index (χ1v) is 8.09. The van der Waals surface area contributed by atoms with E-state index in [9.17, 15) is 9.50 Å². The Labute approximate surface area is 147 Å². The van der Waals surface area contributed by atoms with Gasteiger partial charge in [0.1, 0.15) is 17.3 Å². The molecule has 0 aromatic heterocycles. The van der Waals surface area contributed by atoms with Gasteiger partial charge in [0.25, 0.3) is 0 Å². The Morgan fingerprint density at radius 3 is 2.32 bits per heavy atom. The normalized spacial score (nSPS) is 18.9. The molecule has 3 rings (SSSR count). The van der Waals surface area contributed by atoms with Crippen molar-refractivity contribution in [1.29, 1.82) is 0 Å². The topological polar surface area (TPSA) is 32.7 Å². The fourth-order valence-electron chi connectivity index (χ4n) is 3.09. The lowest BCUT2D eigenvalue weighted by Crippen LogP contribution is -2.55. The lowest BCUT2D eigenvalue weighted by Gasteiger charge is -2.49. The molecule has 1 fully saturated rings. The molecule has 0 radical (unpaired) electrons. The van der Waals surface area contributed by atoms with Gasteiger partial charge in [0.2, 0.25) is 0 Å². The molecule has 4 heteroatoms. The third-order valence-electron chi connectivity index (χ3n) is 4.49. The number of halogens is 1. The minimum Gasteiger partial charge on any atom is -0.457 e. The second-order valence-corrected chi connectivity index (χ2v) is 5.90. The van der Waals surface area contributed by atoms with Crippen molar-refractivity contribution in [3.8, 4) is 11.5 Å². The van der Waals surface area contributed by atoms with E-state index in [2.05, 4.69) is 18.9 Å². The van der Waals surface area contributed by atoms with Crippen LogP contribution in [0.4, 0.5) is 4.39 Å². The van der Waals surface area contributed by atoms with Crippen LogP contribution >= 0.6 is 0 Å². The molecule has 0 aliphatic carbocycles. The fourth-order valence-corrected chi connectivity index (χ4v) is 3.09. The number of benzene rings is 2. The van der Waals surface area contributed by atoms with E-state index in [1.807, 2.05) is 29.2 Å². The van der Waals surface area contributed by atoms with Gasteiger partial charge in [-0.25, -0.2) is 4.39 Å². The second kappa shape index (κ2) is 7.39. The van der Waals surface area contributed by atoms with Crippen molar-refractivity contribution in [2.75, 3.05) is 13.2 Å². The summed E-state index contributed by atoms with van der Waals surface area (Å²) < 4.78 is 18.6. The predicted molar refractivity (Wildman–Crippen MR) is 96.1 cm³/mol. The number of aliphatic hydroxyl groups excluding tert-OH is 1. The molecule has 128 valence electrons. The molecule has 25 heavy (non-hydrogen) atoms. The SMILES string of the molecule is C=C=C(C=C)N1C[C@H](c2ccc(Oc3ccc(F)cc3)cc2)[C@@H]1CO. The van der Waals surface area contributed by atoms with E-state index in [4.69, 9.17) is 4.74 Å². The van der Waals surface area contributed by atoms with Crippen LogP contribution in [0.2, 0.25) is 0 Å². The van der Waals surface area contributed by atoms with E-state index in [0.29, 0.717) is 11.5 Å². The standard InChI is InChI=1S/C21H20FNO2/c1-3-17(4-2)23-13-20(21(23)14-24)15-5-9-18(10-6-15)25-19-11-7-16(22)8-12-19/h3,5-12,20-21,24H,1-2,13-14H2/t20-,21+/m1/s1. The highest BCUT2D eigenvalue weighted by molar-refractivity contribution is 5.36. The zero-order chi connectivity index (χ0) is 17.8. The van der Waals surface area contributed by atoms with Crippen LogP contribution in [0.3, 0.4) is 0 Å². The average molecular weight is 337 g/mol. The number of rotatable bonds is 6. The van der Waals surface area contributed by atoms with Crippen LogP contribution in [-0.4, -0.2) is 29.2 Å². The minimum atomic E-state index is -0.292. The number of allylic oxidation sites excluding steroid dienone is 1. The zero-order valence-corrected chi connectivity index (χ0v) is 13.9. The molecule has 1 aliphatic heterocycles. The minimum absolute atomic E-state index is 0.00823.